The number of methoxy groups -OCH3 is 1. The van der Waals surface area contributed by atoms with Crippen molar-refractivity contribution in [3.8, 4) is 5.75 Å². The van der Waals surface area contributed by atoms with Crippen molar-refractivity contribution in [1.82, 2.24) is 4.90 Å². The number of piperidine rings is 1. The number of benzene rings is 2. The van der Waals surface area contributed by atoms with E-state index in [-0.39, 0.29) is 22.7 Å². The first-order valence-corrected chi connectivity index (χ1v) is 11.6. The molecule has 9 heteroatoms. The minimum absolute atomic E-state index is 0.0259. The molecule has 2 aromatic carbocycles. The van der Waals surface area contributed by atoms with E-state index in [4.69, 9.17) is 9.47 Å². The highest BCUT2D eigenvalue weighted by Crippen LogP contribution is 2.26. The highest BCUT2D eigenvalue weighted by molar-refractivity contribution is 7.92. The lowest BCUT2D eigenvalue weighted by Crippen LogP contribution is -2.42. The van der Waals surface area contributed by atoms with Crippen LogP contribution in [0.1, 0.15) is 30.1 Å². The summed E-state index contributed by atoms with van der Waals surface area (Å²) in [4.78, 5) is 26.5. The summed E-state index contributed by atoms with van der Waals surface area (Å²) < 4.78 is 38.2. The zero-order valence-electron chi connectivity index (χ0n) is 17.5. The number of ether oxygens (including phenoxy) is 2. The molecule has 0 aliphatic carbocycles. The summed E-state index contributed by atoms with van der Waals surface area (Å²) in [5.41, 5.74) is 0.684. The maximum absolute atomic E-state index is 12.9. The highest BCUT2D eigenvalue weighted by Gasteiger charge is 2.30. The third-order valence-corrected chi connectivity index (χ3v) is 6.47. The number of hydrogen-bond acceptors (Lipinski definition) is 6. The van der Waals surface area contributed by atoms with Crippen LogP contribution in [-0.2, 0) is 19.6 Å². The van der Waals surface area contributed by atoms with Crippen molar-refractivity contribution in [2.75, 3.05) is 31.5 Å². The first-order valence-electron chi connectivity index (χ1n) is 10.1. The standard InChI is InChI=1S/C22H26N2O6S/c1-3-30-22(26)17-7-6-14-24(15-17)21(25)16-10-12-18(13-11-16)31(27,28)23-19-8-4-5-9-20(19)29-2/h4-5,8-13,17,23H,3,6-7,14-15H2,1-2H3/t17-/m0/s1. The average molecular weight is 447 g/mol. The summed E-state index contributed by atoms with van der Waals surface area (Å²) in [6, 6.07) is 12.4. The Morgan fingerprint density at radius 1 is 1.13 bits per heavy atom. The van der Waals surface area contributed by atoms with Gasteiger partial charge in [0, 0.05) is 18.7 Å². The fourth-order valence-corrected chi connectivity index (χ4v) is 4.58. The molecule has 166 valence electrons. The van der Waals surface area contributed by atoms with E-state index >= 15 is 0 Å². The Balaban J connectivity index is 1.71. The van der Waals surface area contributed by atoms with Crippen LogP contribution in [0.4, 0.5) is 5.69 Å². The Hall–Kier alpha value is -3.07. The van der Waals surface area contributed by atoms with E-state index in [0.717, 1.165) is 0 Å². The van der Waals surface area contributed by atoms with Crippen molar-refractivity contribution in [1.29, 1.82) is 0 Å². The molecule has 1 fully saturated rings. The van der Waals surface area contributed by atoms with Gasteiger partial charge in [-0.2, -0.15) is 0 Å². The van der Waals surface area contributed by atoms with Gasteiger partial charge in [-0.25, -0.2) is 8.42 Å². The molecule has 1 atom stereocenters. The van der Waals surface area contributed by atoms with Crippen LogP contribution in [0.5, 0.6) is 5.75 Å². The van der Waals surface area contributed by atoms with Crippen molar-refractivity contribution < 1.29 is 27.5 Å². The molecule has 3 rings (SSSR count). The third kappa shape index (κ3) is 5.35. The molecule has 0 radical (unpaired) electrons. The molecule has 1 aliphatic heterocycles. The number of amides is 1. The highest BCUT2D eigenvalue weighted by atomic mass is 32.2. The van der Waals surface area contributed by atoms with E-state index in [1.165, 1.54) is 31.4 Å². The van der Waals surface area contributed by atoms with Gasteiger partial charge in [0.25, 0.3) is 15.9 Å². The van der Waals surface area contributed by atoms with E-state index in [0.29, 0.717) is 49.5 Å². The monoisotopic (exact) mass is 446 g/mol. The number of likely N-dealkylation sites (tertiary alicyclic amines) is 1. The van der Waals surface area contributed by atoms with Gasteiger partial charge in [0.05, 0.1) is 30.2 Å². The first-order chi connectivity index (χ1) is 14.9. The lowest BCUT2D eigenvalue weighted by atomic mass is 9.97. The van der Waals surface area contributed by atoms with Crippen LogP contribution in [0, 0.1) is 5.92 Å². The lowest BCUT2D eigenvalue weighted by molar-refractivity contribution is -0.149. The quantitative estimate of drug-likeness (QED) is 0.656. The SMILES string of the molecule is CCOC(=O)[C@H]1CCCN(C(=O)c2ccc(S(=O)(=O)Nc3ccccc3OC)cc2)C1. The van der Waals surface area contributed by atoms with Gasteiger partial charge in [0.2, 0.25) is 0 Å². The normalized spacial score (nSPS) is 16.5. The third-order valence-electron chi connectivity index (χ3n) is 5.09. The summed E-state index contributed by atoms with van der Waals surface area (Å²) >= 11 is 0. The fourth-order valence-electron chi connectivity index (χ4n) is 3.51. The van der Waals surface area contributed by atoms with Crippen molar-refractivity contribution >= 4 is 27.6 Å². The molecule has 0 unspecified atom stereocenters. The number of para-hydroxylation sites is 2. The summed E-state index contributed by atoms with van der Waals surface area (Å²) in [5.74, 6) is -0.457. The second-order valence-corrected chi connectivity index (χ2v) is 8.85. The van der Waals surface area contributed by atoms with E-state index in [9.17, 15) is 18.0 Å². The number of rotatable bonds is 7. The number of hydrogen-bond donors (Lipinski definition) is 1. The average Bonchev–Trinajstić information content (AvgIpc) is 2.79. The number of nitrogens with one attached hydrogen (secondary N) is 1. The maximum Gasteiger partial charge on any atom is 0.310 e. The van der Waals surface area contributed by atoms with Gasteiger partial charge < -0.3 is 14.4 Å². The number of nitrogens with zero attached hydrogens (tertiary/aromatic N) is 1. The molecule has 2 aromatic rings. The van der Waals surface area contributed by atoms with Crippen LogP contribution in [0.15, 0.2) is 53.4 Å². The Morgan fingerprint density at radius 2 is 1.84 bits per heavy atom. The molecule has 0 bridgehead atoms. The van der Waals surface area contributed by atoms with E-state index in [2.05, 4.69) is 4.72 Å². The van der Waals surface area contributed by atoms with Crippen molar-refractivity contribution in [2.24, 2.45) is 5.92 Å². The van der Waals surface area contributed by atoms with Crippen LogP contribution >= 0.6 is 0 Å². The molecule has 1 aliphatic rings. The second-order valence-electron chi connectivity index (χ2n) is 7.17. The van der Waals surface area contributed by atoms with E-state index in [1.807, 2.05) is 0 Å². The summed E-state index contributed by atoms with van der Waals surface area (Å²) in [6.45, 7) is 2.90. The molecular formula is C22H26N2O6S. The zero-order valence-corrected chi connectivity index (χ0v) is 18.4. The summed E-state index contributed by atoms with van der Waals surface area (Å²) in [7, 11) is -2.40. The minimum atomic E-state index is -3.86. The van der Waals surface area contributed by atoms with E-state index in [1.54, 1.807) is 36.1 Å². The number of esters is 1. The molecule has 1 saturated heterocycles. The number of carbonyl (C=O) groups is 2. The predicted octanol–water partition coefficient (Wildman–Crippen LogP) is 2.91. The van der Waals surface area contributed by atoms with Crippen LogP contribution in [0.2, 0.25) is 0 Å². The van der Waals surface area contributed by atoms with Crippen LogP contribution in [0.3, 0.4) is 0 Å². The van der Waals surface area contributed by atoms with Gasteiger partial charge in [0.15, 0.2) is 0 Å². The first kappa shape index (κ1) is 22.6. The van der Waals surface area contributed by atoms with E-state index < -0.39 is 10.0 Å². The van der Waals surface area contributed by atoms with Gasteiger partial charge >= 0.3 is 5.97 Å². The second kappa shape index (κ2) is 9.82. The number of anilines is 1. The van der Waals surface area contributed by atoms with Crippen LogP contribution in [0.25, 0.3) is 0 Å². The Bertz CT molecular complexity index is 1040. The van der Waals surface area contributed by atoms with Gasteiger partial charge in [-0.05, 0) is 56.2 Å². The predicted molar refractivity (Wildman–Crippen MR) is 116 cm³/mol. The smallest absolute Gasteiger partial charge is 0.310 e. The summed E-state index contributed by atoms with van der Waals surface area (Å²) in [5, 5.41) is 0. The number of carbonyl (C=O) groups excluding carboxylic acids is 2. The molecule has 0 saturated carbocycles. The fraction of sp³-hybridized carbons (Fsp3) is 0.364. The molecular weight excluding hydrogens is 420 g/mol. The largest absolute Gasteiger partial charge is 0.495 e. The summed E-state index contributed by atoms with van der Waals surface area (Å²) in [6.07, 6.45) is 1.40. The van der Waals surface area contributed by atoms with Crippen molar-refractivity contribution in [2.45, 2.75) is 24.7 Å². The van der Waals surface area contributed by atoms with Crippen LogP contribution < -0.4 is 9.46 Å². The lowest BCUT2D eigenvalue weighted by Gasteiger charge is -2.31. The van der Waals surface area contributed by atoms with Crippen LogP contribution in [-0.4, -0.2) is 52.0 Å². The van der Waals surface area contributed by atoms with Gasteiger partial charge in [-0.15, -0.1) is 0 Å². The molecule has 0 aromatic heterocycles. The van der Waals surface area contributed by atoms with Crippen molar-refractivity contribution in [3.05, 3.63) is 54.1 Å². The molecule has 31 heavy (non-hydrogen) atoms. The maximum atomic E-state index is 12.9. The topological polar surface area (TPSA) is 102 Å². The molecule has 1 N–H and O–H groups in total. The Labute approximate surface area is 182 Å². The zero-order chi connectivity index (χ0) is 22.4. The number of sulfonamides is 1. The van der Waals surface area contributed by atoms with Gasteiger partial charge in [-0.3, -0.25) is 14.3 Å². The molecule has 8 nitrogen and oxygen atoms in total. The van der Waals surface area contributed by atoms with Gasteiger partial charge in [0.1, 0.15) is 5.75 Å². The Morgan fingerprint density at radius 3 is 2.52 bits per heavy atom. The minimum Gasteiger partial charge on any atom is -0.495 e. The van der Waals surface area contributed by atoms with Crippen molar-refractivity contribution in [3.63, 3.8) is 0 Å². The van der Waals surface area contributed by atoms with Gasteiger partial charge in [-0.1, -0.05) is 12.1 Å². The molecule has 1 heterocycles. The molecule has 0 spiro atoms. The molecule has 1 amide bonds. The Kier molecular flexibility index (Phi) is 7.17.